The number of anilines is 1. The molecule has 20 heavy (non-hydrogen) atoms. The maximum Gasteiger partial charge on any atom is 0.238 e. The Morgan fingerprint density at radius 2 is 1.85 bits per heavy atom. The number of nitrogens with one attached hydrogen (secondary N) is 1. The molecule has 0 spiro atoms. The molecule has 1 aromatic carbocycles. The molecule has 1 aliphatic rings. The lowest BCUT2D eigenvalue weighted by molar-refractivity contribution is -0.117. The number of carbonyl (C=O) groups is 1. The van der Waals surface area contributed by atoms with Gasteiger partial charge in [0.2, 0.25) is 5.91 Å². The van der Waals surface area contributed by atoms with Crippen LogP contribution in [0.4, 0.5) is 10.1 Å². The molecule has 110 valence electrons. The maximum absolute atomic E-state index is 12.9. The lowest BCUT2D eigenvalue weighted by atomic mass is 10.1. The van der Waals surface area contributed by atoms with Crippen molar-refractivity contribution in [3.63, 3.8) is 0 Å². The summed E-state index contributed by atoms with van der Waals surface area (Å²) in [5.41, 5.74) is 0.463. The van der Waals surface area contributed by atoms with E-state index in [1.54, 1.807) is 0 Å². The second-order valence-electron chi connectivity index (χ2n) is 5.22. The molecular weight excluding hydrogens is 279 g/mol. The number of carbonyl (C=O) groups excluding carboxylic acids is 1. The Morgan fingerprint density at radius 3 is 2.50 bits per heavy atom. The van der Waals surface area contributed by atoms with Crippen molar-refractivity contribution in [2.24, 2.45) is 0 Å². The second kappa shape index (κ2) is 7.60. The summed E-state index contributed by atoms with van der Waals surface area (Å²) in [7, 11) is 0. The topological polar surface area (TPSA) is 32.3 Å². The van der Waals surface area contributed by atoms with E-state index < -0.39 is 5.82 Å². The van der Waals surface area contributed by atoms with Crippen molar-refractivity contribution in [1.82, 2.24) is 4.90 Å². The van der Waals surface area contributed by atoms with Crippen molar-refractivity contribution in [2.45, 2.75) is 32.1 Å². The summed E-state index contributed by atoms with van der Waals surface area (Å²) in [6.07, 6.45) is 6.06. The van der Waals surface area contributed by atoms with Crippen LogP contribution in [0, 0.1) is 5.82 Å². The van der Waals surface area contributed by atoms with Crippen molar-refractivity contribution in [1.29, 1.82) is 0 Å². The number of amides is 1. The Hall–Kier alpha value is -1.13. The van der Waals surface area contributed by atoms with Crippen LogP contribution in [0.5, 0.6) is 0 Å². The summed E-state index contributed by atoms with van der Waals surface area (Å²) in [6.45, 7) is 2.29. The van der Waals surface area contributed by atoms with E-state index in [9.17, 15) is 9.18 Å². The largest absolute Gasteiger partial charge is 0.324 e. The Kier molecular flexibility index (Phi) is 5.80. The predicted molar refractivity (Wildman–Crippen MR) is 79.6 cm³/mol. The molecule has 3 nitrogen and oxygen atoms in total. The summed E-state index contributed by atoms with van der Waals surface area (Å²) in [6, 6.07) is 3.98. The number of benzene rings is 1. The summed E-state index contributed by atoms with van der Waals surface area (Å²) < 4.78 is 12.9. The number of hydrogen-bond donors (Lipinski definition) is 1. The molecule has 0 saturated carbocycles. The van der Waals surface area contributed by atoms with Gasteiger partial charge in [0.05, 0.1) is 17.3 Å². The molecular formula is C15H20ClFN2O. The minimum atomic E-state index is -0.406. The zero-order valence-electron chi connectivity index (χ0n) is 11.5. The summed E-state index contributed by atoms with van der Waals surface area (Å²) in [5, 5.41) is 2.97. The highest BCUT2D eigenvalue weighted by Crippen LogP contribution is 2.22. The van der Waals surface area contributed by atoms with Crippen LogP contribution in [0.3, 0.4) is 0 Å². The van der Waals surface area contributed by atoms with Gasteiger partial charge in [-0.1, -0.05) is 30.9 Å². The molecule has 1 saturated heterocycles. The fraction of sp³-hybridized carbons (Fsp3) is 0.533. The molecule has 0 atom stereocenters. The van der Waals surface area contributed by atoms with Crippen LogP contribution in [0.25, 0.3) is 0 Å². The van der Waals surface area contributed by atoms with Crippen LogP contribution in [0.15, 0.2) is 18.2 Å². The van der Waals surface area contributed by atoms with Crippen LogP contribution in [-0.4, -0.2) is 30.4 Å². The lowest BCUT2D eigenvalue weighted by Crippen LogP contribution is -2.35. The number of rotatable bonds is 3. The Morgan fingerprint density at radius 1 is 1.20 bits per heavy atom. The number of nitrogens with zero attached hydrogens (tertiary/aromatic N) is 1. The molecule has 1 fully saturated rings. The third-order valence-electron chi connectivity index (χ3n) is 3.52. The highest BCUT2D eigenvalue weighted by molar-refractivity contribution is 6.33. The molecule has 1 aliphatic heterocycles. The predicted octanol–water partition coefficient (Wildman–Crippen LogP) is 3.68. The van der Waals surface area contributed by atoms with Gasteiger partial charge in [-0.3, -0.25) is 9.69 Å². The van der Waals surface area contributed by atoms with E-state index in [-0.39, 0.29) is 10.9 Å². The molecule has 0 radical (unpaired) electrons. The lowest BCUT2D eigenvalue weighted by Gasteiger charge is -2.23. The summed E-state index contributed by atoms with van der Waals surface area (Å²) >= 11 is 5.90. The van der Waals surface area contributed by atoms with Gasteiger partial charge in [0, 0.05) is 0 Å². The van der Waals surface area contributed by atoms with Crippen LogP contribution >= 0.6 is 11.6 Å². The molecule has 0 aliphatic carbocycles. The molecule has 2 rings (SSSR count). The molecule has 0 bridgehead atoms. The Bertz CT molecular complexity index is 459. The maximum atomic E-state index is 12.9. The first-order chi connectivity index (χ1) is 9.65. The average Bonchev–Trinajstić information content (AvgIpc) is 2.36. The van der Waals surface area contributed by atoms with E-state index in [4.69, 9.17) is 11.6 Å². The summed E-state index contributed by atoms with van der Waals surface area (Å²) in [4.78, 5) is 14.2. The van der Waals surface area contributed by atoms with Gasteiger partial charge in [-0.25, -0.2) is 4.39 Å². The van der Waals surface area contributed by atoms with E-state index in [0.29, 0.717) is 12.2 Å². The number of likely N-dealkylation sites (tertiary alicyclic amines) is 1. The molecule has 1 N–H and O–H groups in total. The number of hydrogen-bond acceptors (Lipinski definition) is 2. The first kappa shape index (κ1) is 15.3. The third-order valence-corrected chi connectivity index (χ3v) is 3.83. The monoisotopic (exact) mass is 298 g/mol. The van der Waals surface area contributed by atoms with Gasteiger partial charge in [-0.15, -0.1) is 0 Å². The van der Waals surface area contributed by atoms with Gasteiger partial charge < -0.3 is 5.32 Å². The van der Waals surface area contributed by atoms with Crippen molar-refractivity contribution >= 4 is 23.2 Å². The van der Waals surface area contributed by atoms with Crippen molar-refractivity contribution < 1.29 is 9.18 Å². The van der Waals surface area contributed by atoms with Crippen molar-refractivity contribution in [2.75, 3.05) is 25.0 Å². The van der Waals surface area contributed by atoms with Gasteiger partial charge in [-0.05, 0) is 44.1 Å². The van der Waals surface area contributed by atoms with Crippen LogP contribution in [0.2, 0.25) is 5.02 Å². The molecule has 1 aromatic rings. The van der Waals surface area contributed by atoms with Crippen LogP contribution < -0.4 is 5.32 Å². The van der Waals surface area contributed by atoms with E-state index >= 15 is 0 Å². The van der Waals surface area contributed by atoms with E-state index in [2.05, 4.69) is 10.2 Å². The molecule has 1 heterocycles. The quantitative estimate of drug-likeness (QED) is 0.923. The van der Waals surface area contributed by atoms with Crippen LogP contribution in [0.1, 0.15) is 32.1 Å². The third kappa shape index (κ3) is 4.76. The van der Waals surface area contributed by atoms with E-state index in [0.717, 1.165) is 25.9 Å². The average molecular weight is 299 g/mol. The highest BCUT2D eigenvalue weighted by Gasteiger charge is 2.13. The SMILES string of the molecule is O=C(CN1CCCCCCC1)Nc1ccc(F)cc1Cl. The fourth-order valence-electron chi connectivity index (χ4n) is 2.45. The van der Waals surface area contributed by atoms with E-state index in [1.165, 1.54) is 37.5 Å². The van der Waals surface area contributed by atoms with Gasteiger partial charge in [0.1, 0.15) is 5.82 Å². The van der Waals surface area contributed by atoms with Crippen molar-refractivity contribution in [3.05, 3.63) is 29.0 Å². The number of halogens is 2. The minimum absolute atomic E-state index is 0.0981. The molecule has 1 amide bonds. The normalized spacial score (nSPS) is 17.3. The Balaban J connectivity index is 1.87. The van der Waals surface area contributed by atoms with Gasteiger partial charge >= 0.3 is 0 Å². The molecule has 5 heteroatoms. The second-order valence-corrected chi connectivity index (χ2v) is 5.62. The molecule has 0 unspecified atom stereocenters. The van der Waals surface area contributed by atoms with Gasteiger partial charge in [0.15, 0.2) is 0 Å². The Labute approximate surface area is 124 Å². The van der Waals surface area contributed by atoms with Crippen molar-refractivity contribution in [3.8, 4) is 0 Å². The highest BCUT2D eigenvalue weighted by atomic mass is 35.5. The minimum Gasteiger partial charge on any atom is -0.324 e. The zero-order valence-corrected chi connectivity index (χ0v) is 12.3. The van der Waals surface area contributed by atoms with E-state index in [1.807, 2.05) is 0 Å². The first-order valence-electron chi connectivity index (χ1n) is 7.12. The fourth-order valence-corrected chi connectivity index (χ4v) is 2.67. The van der Waals surface area contributed by atoms with Crippen LogP contribution in [-0.2, 0) is 4.79 Å². The molecule has 0 aromatic heterocycles. The zero-order chi connectivity index (χ0) is 14.4. The summed E-state index contributed by atoms with van der Waals surface area (Å²) in [5.74, 6) is -0.504. The smallest absolute Gasteiger partial charge is 0.238 e. The van der Waals surface area contributed by atoms with Gasteiger partial charge in [0.25, 0.3) is 0 Å². The standard InChI is InChI=1S/C15H20ClFN2O/c16-13-10-12(17)6-7-14(13)18-15(20)11-19-8-4-2-1-3-5-9-19/h6-7,10H,1-5,8-9,11H2,(H,18,20). The van der Waals surface area contributed by atoms with Gasteiger partial charge in [-0.2, -0.15) is 0 Å². The first-order valence-corrected chi connectivity index (χ1v) is 7.50.